The van der Waals surface area contributed by atoms with E-state index in [4.69, 9.17) is 18.4 Å². The van der Waals surface area contributed by atoms with Crippen molar-refractivity contribution in [1.29, 1.82) is 0 Å². The molecule has 35 heavy (non-hydrogen) atoms. The largest absolute Gasteiger partial charge is 0.496 e. The average Bonchev–Trinajstić information content (AvgIpc) is 3.58. The fourth-order valence-corrected chi connectivity index (χ4v) is 3.49. The molecule has 2 aromatic heterocycles. The number of carbonyl (C=O) groups is 1. The van der Waals surface area contributed by atoms with Gasteiger partial charge in [-0.25, -0.2) is 4.79 Å². The summed E-state index contributed by atoms with van der Waals surface area (Å²) >= 11 is 0. The highest BCUT2D eigenvalue weighted by Crippen LogP contribution is 2.29. The number of para-hydroxylation sites is 1. The van der Waals surface area contributed by atoms with Gasteiger partial charge in [-0.1, -0.05) is 35.0 Å². The minimum atomic E-state index is -0.488. The lowest BCUT2D eigenvalue weighted by atomic mass is 10.1. The molecule has 0 amide bonds. The smallest absolute Gasteiger partial charge is 0.338 e. The number of hydrogen-bond acceptors (Lipinski definition) is 8. The summed E-state index contributed by atoms with van der Waals surface area (Å²) in [5.41, 5.74) is 4.47. The van der Waals surface area contributed by atoms with Crippen LogP contribution in [-0.2, 0) is 11.3 Å². The fraction of sp³-hybridized carbons (Fsp3) is 0.111. The van der Waals surface area contributed by atoms with Crippen LogP contribution in [0.3, 0.4) is 0 Å². The maximum atomic E-state index is 12.5. The van der Waals surface area contributed by atoms with Gasteiger partial charge in [-0.3, -0.25) is 0 Å². The van der Waals surface area contributed by atoms with Crippen molar-refractivity contribution in [3.8, 4) is 39.9 Å². The monoisotopic (exact) mass is 467 g/mol. The number of benzene rings is 3. The van der Waals surface area contributed by atoms with Crippen LogP contribution in [0.15, 0.2) is 87.8 Å². The van der Waals surface area contributed by atoms with E-state index in [0.29, 0.717) is 40.1 Å². The number of nitrogens with zero attached hydrogens (tertiary/aromatic N) is 3. The second kappa shape index (κ2) is 9.64. The van der Waals surface area contributed by atoms with Gasteiger partial charge in [-0.05, 0) is 55.5 Å². The van der Waals surface area contributed by atoms with Crippen molar-refractivity contribution >= 4 is 5.97 Å². The van der Waals surface area contributed by atoms with E-state index >= 15 is 0 Å². The van der Waals surface area contributed by atoms with Crippen LogP contribution in [0.2, 0.25) is 0 Å². The van der Waals surface area contributed by atoms with Gasteiger partial charge in [-0.15, -0.1) is 10.2 Å². The summed E-state index contributed by atoms with van der Waals surface area (Å²) in [6, 6.07) is 23.8. The predicted molar refractivity (Wildman–Crippen MR) is 128 cm³/mol. The van der Waals surface area contributed by atoms with Crippen LogP contribution >= 0.6 is 0 Å². The van der Waals surface area contributed by atoms with Crippen LogP contribution < -0.4 is 4.74 Å². The Morgan fingerprint density at radius 3 is 2.23 bits per heavy atom. The van der Waals surface area contributed by atoms with Crippen molar-refractivity contribution in [2.45, 2.75) is 13.5 Å². The maximum Gasteiger partial charge on any atom is 0.338 e. The molecule has 5 aromatic rings. The van der Waals surface area contributed by atoms with Crippen molar-refractivity contribution in [2.24, 2.45) is 0 Å². The van der Waals surface area contributed by atoms with E-state index in [1.54, 1.807) is 37.4 Å². The van der Waals surface area contributed by atoms with Gasteiger partial charge in [0, 0.05) is 22.8 Å². The molecule has 0 radical (unpaired) electrons. The number of rotatable bonds is 7. The Morgan fingerprint density at radius 1 is 0.886 bits per heavy atom. The van der Waals surface area contributed by atoms with Crippen molar-refractivity contribution in [3.05, 3.63) is 95.7 Å². The molecule has 0 spiro atoms. The highest BCUT2D eigenvalue weighted by molar-refractivity contribution is 5.89. The minimum absolute atomic E-state index is 0.0493. The molecule has 8 heteroatoms. The SMILES string of the molecule is COc1ccccc1-c1cc(COC(=O)c2ccc(-c3nnc(-c4ccc(C)cc4)o3)cc2)on1. The Kier molecular flexibility index (Phi) is 6.09. The van der Waals surface area contributed by atoms with E-state index in [1.807, 2.05) is 55.5 Å². The van der Waals surface area contributed by atoms with Gasteiger partial charge >= 0.3 is 5.97 Å². The third-order valence-corrected chi connectivity index (χ3v) is 5.38. The first kappa shape index (κ1) is 22.1. The van der Waals surface area contributed by atoms with Gasteiger partial charge in [-0.2, -0.15) is 0 Å². The predicted octanol–water partition coefficient (Wildman–Crippen LogP) is 5.73. The van der Waals surface area contributed by atoms with Crippen molar-refractivity contribution in [2.75, 3.05) is 7.11 Å². The molecule has 0 fully saturated rings. The lowest BCUT2D eigenvalue weighted by Gasteiger charge is -2.04. The molecule has 3 aromatic carbocycles. The Labute approximate surface area is 201 Å². The highest BCUT2D eigenvalue weighted by Gasteiger charge is 2.15. The van der Waals surface area contributed by atoms with Gasteiger partial charge in [0.25, 0.3) is 0 Å². The Bertz CT molecular complexity index is 1450. The molecule has 0 saturated heterocycles. The van der Waals surface area contributed by atoms with Crippen LogP contribution in [0.1, 0.15) is 21.7 Å². The molecule has 5 rings (SSSR count). The van der Waals surface area contributed by atoms with Crippen LogP contribution in [0.4, 0.5) is 0 Å². The van der Waals surface area contributed by atoms with E-state index < -0.39 is 5.97 Å². The Morgan fingerprint density at radius 2 is 1.54 bits per heavy atom. The average molecular weight is 467 g/mol. The maximum absolute atomic E-state index is 12.5. The van der Waals surface area contributed by atoms with Gasteiger partial charge in [0.1, 0.15) is 11.4 Å². The zero-order valence-corrected chi connectivity index (χ0v) is 19.1. The van der Waals surface area contributed by atoms with Gasteiger partial charge < -0.3 is 18.4 Å². The van der Waals surface area contributed by atoms with E-state index in [-0.39, 0.29) is 6.61 Å². The number of aromatic nitrogens is 3. The molecular weight excluding hydrogens is 446 g/mol. The lowest BCUT2D eigenvalue weighted by Crippen LogP contribution is -2.04. The summed E-state index contributed by atoms with van der Waals surface area (Å²) in [5, 5.41) is 12.3. The number of esters is 1. The van der Waals surface area contributed by atoms with Crippen LogP contribution in [0.5, 0.6) is 5.75 Å². The second-order valence-corrected chi connectivity index (χ2v) is 7.81. The number of hydrogen-bond donors (Lipinski definition) is 0. The topological polar surface area (TPSA) is 100 Å². The zero-order chi connectivity index (χ0) is 24.2. The van der Waals surface area contributed by atoms with E-state index in [9.17, 15) is 4.79 Å². The Balaban J connectivity index is 1.22. The summed E-state index contributed by atoms with van der Waals surface area (Å²) in [4.78, 5) is 12.5. The van der Waals surface area contributed by atoms with Crippen LogP contribution in [0, 0.1) is 6.92 Å². The van der Waals surface area contributed by atoms with Crippen LogP contribution in [0.25, 0.3) is 34.2 Å². The van der Waals surface area contributed by atoms with E-state index in [1.165, 1.54) is 0 Å². The number of methoxy groups -OCH3 is 1. The molecule has 0 aliphatic rings. The molecule has 0 aliphatic carbocycles. The quantitative estimate of drug-likeness (QED) is 0.280. The lowest BCUT2D eigenvalue weighted by molar-refractivity contribution is 0.0437. The first-order chi connectivity index (χ1) is 17.1. The number of ether oxygens (including phenoxy) is 2. The molecule has 174 valence electrons. The fourth-order valence-electron chi connectivity index (χ4n) is 3.49. The molecule has 0 aliphatic heterocycles. The number of carbonyl (C=O) groups excluding carboxylic acids is 1. The zero-order valence-electron chi connectivity index (χ0n) is 19.1. The summed E-state index contributed by atoms with van der Waals surface area (Å²) in [5.74, 6) is 1.41. The Hall–Kier alpha value is -4.72. The molecule has 8 nitrogen and oxygen atoms in total. The second-order valence-electron chi connectivity index (χ2n) is 7.81. The first-order valence-corrected chi connectivity index (χ1v) is 10.9. The number of aryl methyl sites for hydroxylation is 1. The van der Waals surface area contributed by atoms with Gasteiger partial charge in [0.15, 0.2) is 12.4 Å². The molecule has 0 atom stereocenters. The van der Waals surface area contributed by atoms with Gasteiger partial charge in [0.05, 0.1) is 12.7 Å². The highest BCUT2D eigenvalue weighted by atomic mass is 16.5. The van der Waals surface area contributed by atoms with E-state index in [0.717, 1.165) is 16.7 Å². The molecule has 0 saturated carbocycles. The standard InChI is InChI=1S/C27H21N3O5/c1-17-7-9-18(10-8-17)25-28-29-26(34-25)19-11-13-20(14-12-19)27(31)33-16-21-15-23(30-35-21)22-5-3-4-6-24(22)32-2/h3-15H,16H2,1-2H3. The first-order valence-electron chi connectivity index (χ1n) is 10.9. The molecule has 0 bridgehead atoms. The minimum Gasteiger partial charge on any atom is -0.496 e. The van der Waals surface area contributed by atoms with Crippen molar-refractivity contribution in [3.63, 3.8) is 0 Å². The van der Waals surface area contributed by atoms with Crippen molar-refractivity contribution < 1.29 is 23.2 Å². The third-order valence-electron chi connectivity index (χ3n) is 5.38. The third kappa shape index (κ3) is 4.81. The summed E-state index contributed by atoms with van der Waals surface area (Å²) in [6.45, 7) is 1.97. The van der Waals surface area contributed by atoms with Crippen LogP contribution in [-0.4, -0.2) is 28.4 Å². The molecular formula is C27H21N3O5. The summed E-state index contributed by atoms with van der Waals surface area (Å²) < 4.78 is 21.8. The van der Waals surface area contributed by atoms with Gasteiger partial charge in [0.2, 0.25) is 11.8 Å². The molecule has 0 N–H and O–H groups in total. The summed E-state index contributed by atoms with van der Waals surface area (Å²) in [6.07, 6.45) is 0. The normalized spacial score (nSPS) is 10.8. The van der Waals surface area contributed by atoms with Crippen molar-refractivity contribution in [1.82, 2.24) is 15.4 Å². The molecule has 0 unspecified atom stereocenters. The molecule has 2 heterocycles. The summed E-state index contributed by atoms with van der Waals surface area (Å²) in [7, 11) is 1.59. The van der Waals surface area contributed by atoms with E-state index in [2.05, 4.69) is 15.4 Å².